The molecule has 1 amide bonds. The Bertz CT molecular complexity index is 1210. The van der Waals surface area contributed by atoms with Crippen molar-refractivity contribution in [3.05, 3.63) is 82.6 Å². The topological polar surface area (TPSA) is 150 Å². The average Bonchev–Trinajstić information content (AvgIpc) is 3.43. The number of carbonyl (C=O) groups is 1. The van der Waals surface area contributed by atoms with Gasteiger partial charge in [0.1, 0.15) is 11.5 Å². The van der Waals surface area contributed by atoms with E-state index < -0.39 is 0 Å². The number of nitrogen functional groups attached to an aromatic ring is 1. The Morgan fingerprint density at radius 2 is 2.03 bits per heavy atom. The van der Waals surface area contributed by atoms with Crippen molar-refractivity contribution >= 4 is 11.7 Å². The molecule has 5 rings (SSSR count). The average molecular weight is 461 g/mol. The number of rotatable bonds is 6. The van der Waals surface area contributed by atoms with Gasteiger partial charge in [-0.2, -0.15) is 5.10 Å². The monoisotopic (exact) mass is 460 g/mol. The normalized spacial score (nSPS) is 17.2. The number of benzene rings is 1. The van der Waals surface area contributed by atoms with Crippen LogP contribution in [0.3, 0.4) is 0 Å². The van der Waals surface area contributed by atoms with E-state index in [9.17, 15) is 4.79 Å². The molecular formula is C24H28N8O2. The molecule has 0 saturated heterocycles. The van der Waals surface area contributed by atoms with E-state index in [1.165, 1.54) is 11.2 Å². The third-order valence-electron chi connectivity index (χ3n) is 6.13. The number of amides is 1. The fourth-order valence-electron chi connectivity index (χ4n) is 4.38. The van der Waals surface area contributed by atoms with Gasteiger partial charge in [0.25, 0.3) is 5.91 Å². The molecule has 1 aliphatic heterocycles. The van der Waals surface area contributed by atoms with E-state index in [0.29, 0.717) is 25.6 Å². The van der Waals surface area contributed by atoms with Crippen LogP contribution in [-0.2, 0) is 35.5 Å². The van der Waals surface area contributed by atoms with E-state index in [1.54, 1.807) is 6.07 Å². The summed E-state index contributed by atoms with van der Waals surface area (Å²) in [6.45, 7) is 1.72. The minimum absolute atomic E-state index is 0.0420. The van der Waals surface area contributed by atoms with Crippen LogP contribution < -0.4 is 22.6 Å². The summed E-state index contributed by atoms with van der Waals surface area (Å²) in [5.41, 5.74) is 17.8. The second kappa shape index (κ2) is 9.16. The zero-order chi connectivity index (χ0) is 23.7. The number of carbonyl (C=O) groups excluding carboxylic acids is 1. The van der Waals surface area contributed by atoms with Crippen LogP contribution in [0.5, 0.6) is 0 Å². The smallest absolute Gasteiger partial charge is 0.269 e. The number of hydrogen-bond acceptors (Lipinski definition) is 8. The molecule has 3 heterocycles. The SMILES string of the molecule is N/C(=C\N(N)Cc1ccc(-n2cc3c(n2)CCOC3)cc1)C(=O)NC1CCc2nc(N)ccc21. The van der Waals surface area contributed by atoms with Gasteiger partial charge in [0.2, 0.25) is 0 Å². The standard InChI is InChI=1S/C24H28N8O2/c25-19(24(33)29-22-7-6-21-18(22)5-8-23(26)28-21)13-31(27)11-15-1-3-17(4-2-15)32-12-16-14-34-10-9-20(16)30-32/h1-5,8,12-13,22H,6-7,9-11,14,25,27H2,(H2,26,28)(H,29,33)/b19-13-. The lowest BCUT2D eigenvalue weighted by Gasteiger charge is -2.17. The van der Waals surface area contributed by atoms with Gasteiger partial charge >= 0.3 is 0 Å². The molecule has 2 aliphatic rings. The number of nitrogens with zero attached hydrogens (tertiary/aromatic N) is 4. The van der Waals surface area contributed by atoms with Crippen molar-refractivity contribution in [1.29, 1.82) is 0 Å². The number of nitrogens with one attached hydrogen (secondary N) is 1. The molecule has 10 heteroatoms. The summed E-state index contributed by atoms with van der Waals surface area (Å²) in [4.78, 5) is 16.9. The van der Waals surface area contributed by atoms with E-state index in [-0.39, 0.29) is 17.6 Å². The lowest BCUT2D eigenvalue weighted by atomic mass is 10.1. The third kappa shape index (κ3) is 4.59. The van der Waals surface area contributed by atoms with Gasteiger partial charge in [-0.1, -0.05) is 18.2 Å². The summed E-state index contributed by atoms with van der Waals surface area (Å²) in [5.74, 6) is 6.22. The van der Waals surface area contributed by atoms with Gasteiger partial charge in [0.05, 0.1) is 37.2 Å². The molecule has 0 radical (unpaired) electrons. The Hall–Kier alpha value is -3.89. The van der Waals surface area contributed by atoms with Crippen molar-refractivity contribution in [2.45, 2.75) is 38.5 Å². The van der Waals surface area contributed by atoms with Crippen molar-refractivity contribution < 1.29 is 9.53 Å². The number of aromatic nitrogens is 3. The molecule has 10 nitrogen and oxygen atoms in total. The van der Waals surface area contributed by atoms with Crippen LogP contribution in [0.2, 0.25) is 0 Å². The number of aryl methyl sites for hydroxylation is 1. The quantitative estimate of drug-likeness (QED) is 0.243. The van der Waals surface area contributed by atoms with Crippen molar-refractivity contribution in [3.63, 3.8) is 0 Å². The summed E-state index contributed by atoms with van der Waals surface area (Å²) in [6.07, 6.45) is 5.82. The molecule has 1 aliphatic carbocycles. The van der Waals surface area contributed by atoms with Crippen LogP contribution in [0.25, 0.3) is 5.69 Å². The third-order valence-corrected chi connectivity index (χ3v) is 6.13. The van der Waals surface area contributed by atoms with Crippen LogP contribution in [0.4, 0.5) is 5.82 Å². The van der Waals surface area contributed by atoms with Gasteiger partial charge in [-0.15, -0.1) is 0 Å². The van der Waals surface area contributed by atoms with Crippen LogP contribution in [-0.4, -0.2) is 32.3 Å². The lowest BCUT2D eigenvalue weighted by Crippen LogP contribution is -2.34. The summed E-state index contributed by atoms with van der Waals surface area (Å²) < 4.78 is 7.36. The molecule has 0 spiro atoms. The van der Waals surface area contributed by atoms with Crippen molar-refractivity contribution in [2.75, 3.05) is 12.3 Å². The summed E-state index contributed by atoms with van der Waals surface area (Å²) in [7, 11) is 0. The van der Waals surface area contributed by atoms with E-state index >= 15 is 0 Å². The predicted octanol–water partition coefficient (Wildman–Crippen LogP) is 1.20. The number of ether oxygens (including phenoxy) is 1. The van der Waals surface area contributed by atoms with Crippen molar-refractivity contribution in [3.8, 4) is 5.69 Å². The van der Waals surface area contributed by atoms with Gasteiger partial charge in [-0.25, -0.2) is 15.5 Å². The maximum absolute atomic E-state index is 12.6. The van der Waals surface area contributed by atoms with Crippen LogP contribution in [0.1, 0.15) is 40.5 Å². The molecule has 0 fully saturated rings. The second-order valence-electron chi connectivity index (χ2n) is 8.61. The summed E-state index contributed by atoms with van der Waals surface area (Å²) >= 11 is 0. The zero-order valence-electron chi connectivity index (χ0n) is 18.8. The van der Waals surface area contributed by atoms with E-state index in [4.69, 9.17) is 22.0 Å². The molecule has 1 aromatic carbocycles. The van der Waals surface area contributed by atoms with E-state index in [1.807, 2.05) is 41.2 Å². The van der Waals surface area contributed by atoms with Crippen LogP contribution in [0, 0.1) is 0 Å². The molecule has 2 aromatic heterocycles. The molecule has 0 bridgehead atoms. The number of nitrogens with two attached hydrogens (primary N) is 3. The minimum Gasteiger partial charge on any atom is -0.393 e. The molecule has 176 valence electrons. The minimum atomic E-state index is -0.368. The van der Waals surface area contributed by atoms with Gasteiger partial charge < -0.3 is 26.5 Å². The predicted molar refractivity (Wildman–Crippen MR) is 127 cm³/mol. The largest absolute Gasteiger partial charge is 0.393 e. The highest BCUT2D eigenvalue weighted by molar-refractivity contribution is 5.92. The second-order valence-corrected chi connectivity index (χ2v) is 8.61. The molecule has 1 atom stereocenters. The molecule has 3 aromatic rings. The first-order valence-corrected chi connectivity index (χ1v) is 11.3. The molecule has 7 N–H and O–H groups in total. The first-order chi connectivity index (χ1) is 16.5. The Balaban J connectivity index is 1.19. The van der Waals surface area contributed by atoms with Crippen LogP contribution in [0.15, 0.2) is 54.5 Å². The summed E-state index contributed by atoms with van der Waals surface area (Å²) in [6, 6.07) is 11.4. The van der Waals surface area contributed by atoms with Crippen LogP contribution >= 0.6 is 0 Å². The maximum Gasteiger partial charge on any atom is 0.269 e. The van der Waals surface area contributed by atoms with Gasteiger partial charge in [0, 0.05) is 30.1 Å². The fourth-order valence-corrected chi connectivity index (χ4v) is 4.38. The first kappa shape index (κ1) is 21.9. The maximum atomic E-state index is 12.6. The number of fused-ring (bicyclic) bond motifs is 2. The Morgan fingerprint density at radius 1 is 1.21 bits per heavy atom. The van der Waals surface area contributed by atoms with E-state index in [2.05, 4.69) is 15.4 Å². The molecule has 34 heavy (non-hydrogen) atoms. The lowest BCUT2D eigenvalue weighted by molar-refractivity contribution is -0.118. The highest BCUT2D eigenvalue weighted by Gasteiger charge is 2.25. The molecule has 1 unspecified atom stereocenters. The zero-order valence-corrected chi connectivity index (χ0v) is 18.8. The fraction of sp³-hybridized carbons (Fsp3) is 0.292. The van der Waals surface area contributed by atoms with Gasteiger partial charge in [-0.3, -0.25) is 4.79 Å². The Labute approximate surface area is 197 Å². The Morgan fingerprint density at radius 3 is 2.82 bits per heavy atom. The first-order valence-electron chi connectivity index (χ1n) is 11.3. The molecular weight excluding hydrogens is 432 g/mol. The Kier molecular flexibility index (Phi) is 5.91. The van der Waals surface area contributed by atoms with Gasteiger partial charge in [-0.05, 0) is 42.2 Å². The van der Waals surface area contributed by atoms with E-state index in [0.717, 1.165) is 53.0 Å². The van der Waals surface area contributed by atoms with Gasteiger partial charge in [0.15, 0.2) is 0 Å². The number of hydrogen-bond donors (Lipinski definition) is 4. The highest BCUT2D eigenvalue weighted by Crippen LogP contribution is 2.30. The highest BCUT2D eigenvalue weighted by atomic mass is 16.5. The number of hydrazine groups is 1. The number of anilines is 1. The van der Waals surface area contributed by atoms with Crippen molar-refractivity contribution in [2.24, 2.45) is 11.6 Å². The summed E-state index contributed by atoms with van der Waals surface area (Å²) in [5, 5.41) is 9.01. The van der Waals surface area contributed by atoms with Crippen molar-refractivity contribution in [1.82, 2.24) is 25.1 Å². The molecule has 0 saturated carbocycles. The number of pyridine rings is 1.